The first-order valence-electron chi connectivity index (χ1n) is 29.7. The molecule has 0 fully saturated rings. The summed E-state index contributed by atoms with van der Waals surface area (Å²) in [7, 11) is 0. The Morgan fingerprint density at radius 2 is 0.534 bits per heavy atom. The zero-order valence-electron chi connectivity index (χ0n) is 47.1. The molecule has 0 amide bonds. The fourth-order valence-corrected chi connectivity index (χ4v) is 7.77. The topological polar surface area (TPSA) is 78.9 Å². The van der Waals surface area contributed by atoms with Crippen molar-refractivity contribution in [2.45, 2.75) is 258 Å². The molecule has 1 unspecified atom stereocenters. The Kier molecular flexibility index (Phi) is 56.4. The van der Waals surface area contributed by atoms with E-state index in [1.807, 2.05) is 0 Å². The highest BCUT2D eigenvalue weighted by atomic mass is 16.6. The molecule has 0 N–H and O–H groups in total. The van der Waals surface area contributed by atoms with Crippen LogP contribution in [0.1, 0.15) is 252 Å². The Labute approximate surface area is 449 Å². The molecule has 0 aromatic rings. The van der Waals surface area contributed by atoms with Crippen LogP contribution in [0.5, 0.6) is 0 Å². The van der Waals surface area contributed by atoms with Crippen LogP contribution in [0.25, 0.3) is 0 Å². The lowest BCUT2D eigenvalue weighted by molar-refractivity contribution is -0.167. The summed E-state index contributed by atoms with van der Waals surface area (Å²) < 4.78 is 16.8. The molecule has 0 spiro atoms. The minimum Gasteiger partial charge on any atom is -0.462 e. The molecule has 6 heteroatoms. The molecular formula is C67H108O6. The molecule has 0 saturated carbocycles. The number of allylic oxidation sites excluding steroid dienone is 22. The fourth-order valence-electron chi connectivity index (χ4n) is 7.77. The summed E-state index contributed by atoms with van der Waals surface area (Å²) in [5.41, 5.74) is 0. The lowest BCUT2D eigenvalue weighted by atomic mass is 10.1. The second-order valence-corrected chi connectivity index (χ2v) is 19.1. The SMILES string of the molecule is CC/C=C\C/C=C\C/C=C\C/C=C\C/C=C\C/C=C\C/C=C\C/C=C\CCCCCCC(=O)OCC(COC(=O)CCCCCCCCCCC)OC(=O)CCCCCCCCC/C=C\C/C=C\C/C=C\CC. The normalized spacial score (nSPS) is 13.1. The van der Waals surface area contributed by atoms with E-state index in [9.17, 15) is 14.4 Å². The van der Waals surface area contributed by atoms with Crippen molar-refractivity contribution >= 4 is 17.9 Å². The summed E-state index contributed by atoms with van der Waals surface area (Å²) in [4.78, 5) is 38.1. The van der Waals surface area contributed by atoms with Crippen LogP contribution in [0.3, 0.4) is 0 Å². The highest BCUT2D eigenvalue weighted by Crippen LogP contribution is 2.14. The molecule has 73 heavy (non-hydrogen) atoms. The summed E-state index contributed by atoms with van der Waals surface area (Å²) >= 11 is 0. The van der Waals surface area contributed by atoms with Gasteiger partial charge in [0.1, 0.15) is 13.2 Å². The largest absolute Gasteiger partial charge is 0.462 e. The number of esters is 3. The molecule has 0 rings (SSSR count). The van der Waals surface area contributed by atoms with Crippen LogP contribution in [-0.4, -0.2) is 37.2 Å². The van der Waals surface area contributed by atoms with Crippen molar-refractivity contribution in [1.82, 2.24) is 0 Å². The van der Waals surface area contributed by atoms with Gasteiger partial charge in [-0.1, -0.05) is 251 Å². The van der Waals surface area contributed by atoms with Gasteiger partial charge in [-0.15, -0.1) is 0 Å². The average molecular weight is 1010 g/mol. The third kappa shape index (κ3) is 58.3. The molecule has 0 aliphatic rings. The van der Waals surface area contributed by atoms with E-state index in [0.717, 1.165) is 148 Å². The van der Waals surface area contributed by atoms with Crippen LogP contribution in [0.4, 0.5) is 0 Å². The highest BCUT2D eigenvalue weighted by molar-refractivity contribution is 5.71. The molecule has 0 aliphatic heterocycles. The number of hydrogen-bond acceptors (Lipinski definition) is 6. The van der Waals surface area contributed by atoms with Crippen LogP contribution >= 0.6 is 0 Å². The van der Waals surface area contributed by atoms with E-state index in [0.29, 0.717) is 19.3 Å². The van der Waals surface area contributed by atoms with Crippen LogP contribution < -0.4 is 0 Å². The van der Waals surface area contributed by atoms with E-state index in [4.69, 9.17) is 14.2 Å². The van der Waals surface area contributed by atoms with Crippen molar-refractivity contribution in [3.63, 3.8) is 0 Å². The molecule has 412 valence electrons. The van der Waals surface area contributed by atoms with Gasteiger partial charge in [-0.2, -0.15) is 0 Å². The number of hydrogen-bond donors (Lipinski definition) is 0. The lowest BCUT2D eigenvalue weighted by Gasteiger charge is -2.18. The number of carbonyl (C=O) groups excluding carboxylic acids is 3. The molecule has 0 aromatic carbocycles. The van der Waals surface area contributed by atoms with Gasteiger partial charge < -0.3 is 14.2 Å². The zero-order valence-corrected chi connectivity index (χ0v) is 47.1. The van der Waals surface area contributed by atoms with E-state index in [2.05, 4.69) is 154 Å². The summed E-state index contributed by atoms with van der Waals surface area (Å²) in [6.45, 7) is 6.36. The molecular weight excluding hydrogens is 901 g/mol. The van der Waals surface area contributed by atoms with E-state index in [1.54, 1.807) is 0 Å². The standard InChI is InChI=1S/C67H108O6/c1-4-7-10-13-16-19-21-23-25-27-28-29-30-31-32-33-34-35-36-37-38-40-41-43-45-48-51-54-57-60-66(69)72-63-64(62-71-65(68)59-56-53-50-47-18-15-12-9-6-3)73-67(70)61-58-55-52-49-46-44-42-39-26-24-22-20-17-14-11-8-5-2/h7-8,10-11,16-17,19-20,23-26,28-29,31-32,34-35,37-38,41,43,64H,4-6,9,12-15,18,21-22,27,30,33,36,39-40,42,44-63H2,1-3H3/b10-7-,11-8-,19-16-,20-17-,25-23-,26-24-,29-28-,32-31-,35-34-,38-37-,43-41-. The first-order valence-corrected chi connectivity index (χ1v) is 29.7. The van der Waals surface area contributed by atoms with Crippen LogP contribution in [0.15, 0.2) is 134 Å². The van der Waals surface area contributed by atoms with E-state index < -0.39 is 6.10 Å². The van der Waals surface area contributed by atoms with E-state index >= 15 is 0 Å². The first-order chi connectivity index (χ1) is 36.0. The fraction of sp³-hybridized carbons (Fsp3) is 0.627. The second kappa shape index (κ2) is 60.1. The highest BCUT2D eigenvalue weighted by Gasteiger charge is 2.19. The molecule has 0 saturated heterocycles. The molecule has 0 aliphatic carbocycles. The Morgan fingerprint density at radius 1 is 0.288 bits per heavy atom. The van der Waals surface area contributed by atoms with Crippen molar-refractivity contribution in [2.75, 3.05) is 13.2 Å². The van der Waals surface area contributed by atoms with Crippen molar-refractivity contribution < 1.29 is 28.6 Å². The van der Waals surface area contributed by atoms with Gasteiger partial charge in [0, 0.05) is 19.3 Å². The minimum atomic E-state index is -0.796. The number of carbonyl (C=O) groups is 3. The summed E-state index contributed by atoms with van der Waals surface area (Å²) in [5, 5.41) is 0. The summed E-state index contributed by atoms with van der Waals surface area (Å²) in [6.07, 6.45) is 84.5. The zero-order chi connectivity index (χ0) is 52.9. The van der Waals surface area contributed by atoms with Gasteiger partial charge in [-0.3, -0.25) is 14.4 Å². The number of rotatable bonds is 52. The van der Waals surface area contributed by atoms with Crippen molar-refractivity contribution in [3.05, 3.63) is 134 Å². The van der Waals surface area contributed by atoms with E-state index in [-0.39, 0.29) is 31.1 Å². The maximum atomic E-state index is 12.8. The van der Waals surface area contributed by atoms with Gasteiger partial charge in [-0.25, -0.2) is 0 Å². The predicted octanol–water partition coefficient (Wildman–Crippen LogP) is 20.2. The van der Waals surface area contributed by atoms with Gasteiger partial charge >= 0.3 is 17.9 Å². The van der Waals surface area contributed by atoms with Gasteiger partial charge in [0.15, 0.2) is 6.10 Å². The second-order valence-electron chi connectivity index (χ2n) is 19.1. The minimum absolute atomic E-state index is 0.0927. The Bertz CT molecular complexity index is 1580. The molecule has 0 radical (unpaired) electrons. The van der Waals surface area contributed by atoms with Gasteiger partial charge in [0.05, 0.1) is 0 Å². The third-order valence-corrected chi connectivity index (χ3v) is 12.2. The Balaban J connectivity index is 4.33. The summed E-state index contributed by atoms with van der Waals surface area (Å²) in [6, 6.07) is 0. The molecule has 1 atom stereocenters. The Morgan fingerprint density at radius 3 is 0.836 bits per heavy atom. The lowest BCUT2D eigenvalue weighted by Crippen LogP contribution is -2.30. The van der Waals surface area contributed by atoms with Crippen LogP contribution in [0.2, 0.25) is 0 Å². The maximum Gasteiger partial charge on any atom is 0.306 e. The maximum absolute atomic E-state index is 12.8. The van der Waals surface area contributed by atoms with E-state index in [1.165, 1.54) is 64.2 Å². The third-order valence-electron chi connectivity index (χ3n) is 12.2. The Hall–Kier alpha value is -4.45. The van der Waals surface area contributed by atoms with Crippen molar-refractivity contribution in [2.24, 2.45) is 0 Å². The first kappa shape index (κ1) is 68.6. The van der Waals surface area contributed by atoms with Gasteiger partial charge in [0.25, 0.3) is 0 Å². The molecule has 0 aromatic heterocycles. The van der Waals surface area contributed by atoms with Gasteiger partial charge in [-0.05, 0) is 116 Å². The average Bonchev–Trinajstić information content (AvgIpc) is 3.39. The van der Waals surface area contributed by atoms with Crippen LogP contribution in [-0.2, 0) is 28.6 Å². The molecule has 0 bridgehead atoms. The monoisotopic (exact) mass is 1010 g/mol. The quantitative estimate of drug-likeness (QED) is 0.0261. The number of ether oxygens (including phenoxy) is 3. The predicted molar refractivity (Wildman–Crippen MR) is 316 cm³/mol. The summed E-state index contributed by atoms with van der Waals surface area (Å²) in [5.74, 6) is -0.934. The van der Waals surface area contributed by atoms with Crippen molar-refractivity contribution in [1.29, 1.82) is 0 Å². The smallest absolute Gasteiger partial charge is 0.306 e. The van der Waals surface area contributed by atoms with Crippen LogP contribution in [0, 0.1) is 0 Å². The number of unbranched alkanes of at least 4 members (excludes halogenated alkanes) is 19. The molecule has 6 nitrogen and oxygen atoms in total. The van der Waals surface area contributed by atoms with Crippen molar-refractivity contribution in [3.8, 4) is 0 Å². The van der Waals surface area contributed by atoms with Gasteiger partial charge in [0.2, 0.25) is 0 Å². The molecule has 0 heterocycles.